The lowest BCUT2D eigenvalue weighted by atomic mass is 10.2. The summed E-state index contributed by atoms with van der Waals surface area (Å²) in [5, 5.41) is 0.667. The van der Waals surface area contributed by atoms with E-state index >= 15 is 0 Å². The molecule has 2 N–H and O–H groups in total. The third-order valence-corrected chi connectivity index (χ3v) is 3.68. The minimum absolute atomic E-state index is 0.0555. The Morgan fingerprint density at radius 2 is 2.10 bits per heavy atom. The third-order valence-electron chi connectivity index (χ3n) is 3.31. The predicted molar refractivity (Wildman–Crippen MR) is 86.4 cm³/mol. The van der Waals surface area contributed by atoms with Crippen molar-refractivity contribution < 1.29 is 4.79 Å². The van der Waals surface area contributed by atoms with Crippen LogP contribution in [0.4, 0.5) is 5.69 Å². The number of halogens is 1. The van der Waals surface area contributed by atoms with Gasteiger partial charge < -0.3 is 15.2 Å². The van der Waals surface area contributed by atoms with Crippen molar-refractivity contribution in [1.29, 1.82) is 0 Å². The number of nitrogens with two attached hydrogens (primary N) is 1. The van der Waals surface area contributed by atoms with E-state index in [1.54, 1.807) is 24.2 Å². The standard InChI is InChI=1S/C16H20ClN3O/c1-3-8-20-11-13(18)9-15(20)16(21)19(2)10-12-6-4-5-7-14(12)17/h4-7,9,11H,3,8,10,18H2,1-2H3. The number of benzene rings is 1. The fourth-order valence-electron chi connectivity index (χ4n) is 2.29. The molecule has 0 aliphatic rings. The first-order chi connectivity index (χ1) is 10.0. The molecule has 0 unspecified atom stereocenters. The summed E-state index contributed by atoms with van der Waals surface area (Å²) in [4.78, 5) is 14.2. The molecule has 2 rings (SSSR count). The zero-order chi connectivity index (χ0) is 15.4. The molecule has 21 heavy (non-hydrogen) atoms. The Bertz CT molecular complexity index is 636. The smallest absolute Gasteiger partial charge is 0.270 e. The van der Waals surface area contributed by atoms with Crippen molar-refractivity contribution in [2.75, 3.05) is 12.8 Å². The van der Waals surface area contributed by atoms with E-state index in [1.165, 1.54) is 0 Å². The van der Waals surface area contributed by atoms with E-state index in [-0.39, 0.29) is 5.91 Å². The molecule has 0 aliphatic heterocycles. The van der Waals surface area contributed by atoms with Crippen molar-refractivity contribution in [3.8, 4) is 0 Å². The summed E-state index contributed by atoms with van der Waals surface area (Å²) >= 11 is 6.14. The normalized spacial score (nSPS) is 10.6. The van der Waals surface area contributed by atoms with Crippen molar-refractivity contribution in [3.05, 3.63) is 52.8 Å². The Hall–Kier alpha value is -1.94. The number of hydrogen-bond donors (Lipinski definition) is 1. The van der Waals surface area contributed by atoms with Gasteiger partial charge in [-0.2, -0.15) is 0 Å². The minimum Gasteiger partial charge on any atom is -0.397 e. The topological polar surface area (TPSA) is 51.3 Å². The van der Waals surface area contributed by atoms with Crippen LogP contribution in [0, 0.1) is 0 Å². The lowest BCUT2D eigenvalue weighted by Gasteiger charge is -2.19. The van der Waals surface area contributed by atoms with Crippen LogP contribution in [0.2, 0.25) is 5.02 Å². The van der Waals surface area contributed by atoms with E-state index in [2.05, 4.69) is 6.92 Å². The molecular formula is C16H20ClN3O. The largest absolute Gasteiger partial charge is 0.397 e. The van der Waals surface area contributed by atoms with Crippen LogP contribution in [0.15, 0.2) is 36.5 Å². The van der Waals surface area contributed by atoms with Crippen LogP contribution in [-0.2, 0) is 13.1 Å². The number of anilines is 1. The predicted octanol–water partition coefficient (Wildman–Crippen LogP) is 3.41. The van der Waals surface area contributed by atoms with Crippen LogP contribution in [0.1, 0.15) is 29.4 Å². The number of carbonyl (C=O) groups is 1. The molecule has 1 heterocycles. The van der Waals surface area contributed by atoms with E-state index in [9.17, 15) is 4.79 Å². The molecule has 1 aromatic heterocycles. The molecular weight excluding hydrogens is 286 g/mol. The molecule has 5 heteroatoms. The zero-order valence-electron chi connectivity index (χ0n) is 12.3. The van der Waals surface area contributed by atoms with E-state index in [1.807, 2.05) is 28.8 Å². The maximum absolute atomic E-state index is 12.6. The van der Waals surface area contributed by atoms with Crippen LogP contribution in [0.25, 0.3) is 0 Å². The average molecular weight is 306 g/mol. The van der Waals surface area contributed by atoms with Gasteiger partial charge in [0.15, 0.2) is 0 Å². The highest BCUT2D eigenvalue weighted by atomic mass is 35.5. The Balaban J connectivity index is 2.18. The lowest BCUT2D eigenvalue weighted by Crippen LogP contribution is -2.28. The number of aromatic nitrogens is 1. The van der Waals surface area contributed by atoms with Gasteiger partial charge >= 0.3 is 0 Å². The number of nitrogen functional groups attached to an aromatic ring is 1. The molecule has 1 amide bonds. The van der Waals surface area contributed by atoms with E-state index in [0.717, 1.165) is 18.5 Å². The Morgan fingerprint density at radius 3 is 2.76 bits per heavy atom. The first-order valence-electron chi connectivity index (χ1n) is 6.97. The highest BCUT2D eigenvalue weighted by Gasteiger charge is 2.17. The fraction of sp³-hybridized carbons (Fsp3) is 0.312. The number of aryl methyl sites for hydroxylation is 1. The molecule has 2 aromatic rings. The van der Waals surface area contributed by atoms with E-state index in [0.29, 0.717) is 22.9 Å². The quantitative estimate of drug-likeness (QED) is 0.920. The molecule has 0 bridgehead atoms. The zero-order valence-corrected chi connectivity index (χ0v) is 13.1. The minimum atomic E-state index is -0.0555. The summed E-state index contributed by atoms with van der Waals surface area (Å²) in [6.45, 7) is 3.31. The first kappa shape index (κ1) is 15.4. The number of hydrogen-bond acceptors (Lipinski definition) is 2. The van der Waals surface area contributed by atoms with Crippen LogP contribution in [0.5, 0.6) is 0 Å². The van der Waals surface area contributed by atoms with Crippen molar-refractivity contribution in [2.45, 2.75) is 26.4 Å². The summed E-state index contributed by atoms with van der Waals surface area (Å²) < 4.78 is 1.90. The average Bonchev–Trinajstić information content (AvgIpc) is 2.81. The number of nitrogens with zero attached hydrogens (tertiary/aromatic N) is 2. The Kier molecular flexibility index (Phi) is 4.91. The highest BCUT2D eigenvalue weighted by molar-refractivity contribution is 6.31. The van der Waals surface area contributed by atoms with Crippen molar-refractivity contribution in [3.63, 3.8) is 0 Å². The number of amides is 1. The molecule has 0 saturated carbocycles. The van der Waals surface area contributed by atoms with Gasteiger partial charge in [-0.15, -0.1) is 0 Å². The van der Waals surface area contributed by atoms with Crippen molar-refractivity contribution >= 4 is 23.2 Å². The summed E-state index contributed by atoms with van der Waals surface area (Å²) in [5.41, 5.74) is 7.96. The van der Waals surface area contributed by atoms with Gasteiger partial charge in [0.05, 0.1) is 5.69 Å². The van der Waals surface area contributed by atoms with Gasteiger partial charge in [-0.25, -0.2) is 0 Å². The Labute approximate surface area is 130 Å². The van der Waals surface area contributed by atoms with Crippen LogP contribution >= 0.6 is 11.6 Å². The van der Waals surface area contributed by atoms with E-state index < -0.39 is 0 Å². The summed E-state index contributed by atoms with van der Waals surface area (Å²) in [7, 11) is 1.77. The summed E-state index contributed by atoms with van der Waals surface area (Å²) in [5.74, 6) is -0.0555. The van der Waals surface area contributed by atoms with Crippen molar-refractivity contribution in [1.82, 2.24) is 9.47 Å². The highest BCUT2D eigenvalue weighted by Crippen LogP contribution is 2.19. The summed E-state index contributed by atoms with van der Waals surface area (Å²) in [6.07, 6.45) is 2.75. The van der Waals surface area contributed by atoms with Gasteiger partial charge in [-0.1, -0.05) is 36.7 Å². The maximum atomic E-state index is 12.6. The number of carbonyl (C=O) groups excluding carboxylic acids is 1. The van der Waals surface area contributed by atoms with Gasteiger partial charge in [0.1, 0.15) is 5.69 Å². The van der Waals surface area contributed by atoms with Gasteiger partial charge in [0, 0.05) is 31.4 Å². The second-order valence-corrected chi connectivity index (χ2v) is 5.51. The van der Waals surface area contributed by atoms with Gasteiger partial charge in [-0.05, 0) is 24.1 Å². The van der Waals surface area contributed by atoms with Crippen LogP contribution < -0.4 is 5.73 Å². The first-order valence-corrected chi connectivity index (χ1v) is 7.35. The van der Waals surface area contributed by atoms with Gasteiger partial charge in [0.2, 0.25) is 0 Å². The molecule has 0 saturated heterocycles. The molecule has 0 fully saturated rings. The second-order valence-electron chi connectivity index (χ2n) is 5.10. The van der Waals surface area contributed by atoms with Gasteiger partial charge in [0.25, 0.3) is 5.91 Å². The lowest BCUT2D eigenvalue weighted by molar-refractivity contribution is 0.0774. The van der Waals surface area contributed by atoms with Crippen LogP contribution in [0.3, 0.4) is 0 Å². The summed E-state index contributed by atoms with van der Waals surface area (Å²) in [6, 6.07) is 9.26. The molecule has 0 atom stereocenters. The maximum Gasteiger partial charge on any atom is 0.270 e. The second kappa shape index (κ2) is 6.68. The Morgan fingerprint density at radius 1 is 1.38 bits per heavy atom. The van der Waals surface area contributed by atoms with Crippen molar-refractivity contribution in [2.24, 2.45) is 0 Å². The molecule has 1 aromatic carbocycles. The molecule has 112 valence electrons. The fourth-order valence-corrected chi connectivity index (χ4v) is 2.48. The molecule has 0 aliphatic carbocycles. The van der Waals surface area contributed by atoms with Crippen LogP contribution in [-0.4, -0.2) is 22.4 Å². The van der Waals surface area contributed by atoms with E-state index in [4.69, 9.17) is 17.3 Å². The molecule has 0 spiro atoms. The SMILES string of the molecule is CCCn1cc(N)cc1C(=O)N(C)Cc1ccccc1Cl. The molecule has 0 radical (unpaired) electrons. The van der Waals surface area contributed by atoms with Gasteiger partial charge in [-0.3, -0.25) is 4.79 Å². The molecule has 4 nitrogen and oxygen atoms in total. The monoisotopic (exact) mass is 305 g/mol. The number of rotatable bonds is 5. The third kappa shape index (κ3) is 3.58.